The van der Waals surface area contributed by atoms with Gasteiger partial charge in [-0.25, -0.2) is 0 Å². The van der Waals surface area contributed by atoms with Crippen LogP contribution in [0.1, 0.15) is 11.1 Å². The van der Waals surface area contributed by atoms with Crippen molar-refractivity contribution in [2.45, 2.75) is 6.61 Å². The molecule has 0 atom stereocenters. The van der Waals surface area contributed by atoms with Gasteiger partial charge in [0.2, 0.25) is 0 Å². The molecule has 0 aliphatic rings. The van der Waals surface area contributed by atoms with Crippen LogP contribution in [-0.4, -0.2) is 11.4 Å². The fraction of sp³-hybridized carbons (Fsp3) is 0.0714. The summed E-state index contributed by atoms with van der Waals surface area (Å²) in [5.41, 5.74) is 1.38. The van der Waals surface area contributed by atoms with Crippen molar-refractivity contribution >= 4 is 41.0 Å². The Kier molecular flexibility index (Phi) is 5.12. The molecular weight excluding hydrogens is 321 g/mol. The van der Waals surface area contributed by atoms with E-state index in [1.165, 1.54) is 6.21 Å². The van der Waals surface area contributed by atoms with Crippen LogP contribution in [0.25, 0.3) is 0 Å². The zero-order chi connectivity index (χ0) is 14.5. The second-order valence-corrected chi connectivity index (χ2v) is 5.23. The summed E-state index contributed by atoms with van der Waals surface area (Å²) < 4.78 is 5.66. The molecule has 0 saturated carbocycles. The predicted octanol–water partition coefficient (Wildman–Crippen LogP) is 5.03. The monoisotopic (exact) mass is 329 g/mol. The summed E-state index contributed by atoms with van der Waals surface area (Å²) in [6.07, 6.45) is 1.25. The van der Waals surface area contributed by atoms with Crippen LogP contribution in [0.2, 0.25) is 15.1 Å². The van der Waals surface area contributed by atoms with Gasteiger partial charge in [0.05, 0.1) is 6.21 Å². The van der Waals surface area contributed by atoms with Gasteiger partial charge in [-0.05, 0) is 30.3 Å². The molecule has 0 fully saturated rings. The molecule has 0 spiro atoms. The van der Waals surface area contributed by atoms with Gasteiger partial charge >= 0.3 is 0 Å². The van der Waals surface area contributed by atoms with E-state index in [9.17, 15) is 0 Å². The Hall–Kier alpha value is -1.42. The molecule has 0 aromatic heterocycles. The van der Waals surface area contributed by atoms with Crippen LogP contribution in [0.4, 0.5) is 0 Å². The minimum absolute atomic E-state index is 0.268. The molecule has 104 valence electrons. The summed E-state index contributed by atoms with van der Waals surface area (Å²) in [5.74, 6) is 0.540. The van der Waals surface area contributed by atoms with E-state index in [2.05, 4.69) is 5.16 Å². The third-order valence-corrected chi connectivity index (χ3v) is 3.39. The van der Waals surface area contributed by atoms with Gasteiger partial charge in [-0.3, -0.25) is 0 Å². The standard InChI is InChI=1S/C14H10Cl3NO2/c15-11-3-4-14(10(5-11)7-18-19)20-8-9-1-2-12(16)6-13(9)17/h1-7,19H,8H2. The lowest BCUT2D eigenvalue weighted by molar-refractivity contribution is 0.304. The second kappa shape index (κ2) is 6.84. The minimum atomic E-state index is 0.268. The largest absolute Gasteiger partial charge is 0.488 e. The molecule has 0 radical (unpaired) electrons. The van der Waals surface area contributed by atoms with Crippen LogP contribution in [0.15, 0.2) is 41.6 Å². The Morgan fingerprint density at radius 2 is 1.75 bits per heavy atom. The van der Waals surface area contributed by atoms with E-state index in [4.69, 9.17) is 44.7 Å². The van der Waals surface area contributed by atoms with Gasteiger partial charge < -0.3 is 9.94 Å². The van der Waals surface area contributed by atoms with E-state index in [1.54, 1.807) is 36.4 Å². The highest BCUT2D eigenvalue weighted by Gasteiger charge is 2.06. The van der Waals surface area contributed by atoms with Crippen molar-refractivity contribution in [3.05, 3.63) is 62.6 Å². The van der Waals surface area contributed by atoms with Crippen molar-refractivity contribution in [3.63, 3.8) is 0 Å². The maximum atomic E-state index is 8.63. The Bertz CT molecular complexity index is 644. The van der Waals surface area contributed by atoms with Gasteiger partial charge in [-0.2, -0.15) is 0 Å². The number of benzene rings is 2. The first-order valence-electron chi connectivity index (χ1n) is 5.64. The van der Waals surface area contributed by atoms with E-state index in [-0.39, 0.29) is 6.61 Å². The fourth-order valence-corrected chi connectivity index (χ4v) is 2.25. The topological polar surface area (TPSA) is 41.8 Å². The molecule has 0 heterocycles. The molecule has 3 nitrogen and oxygen atoms in total. The van der Waals surface area contributed by atoms with Gasteiger partial charge in [0.1, 0.15) is 12.4 Å². The highest BCUT2D eigenvalue weighted by Crippen LogP contribution is 2.25. The van der Waals surface area contributed by atoms with E-state index >= 15 is 0 Å². The highest BCUT2D eigenvalue weighted by atomic mass is 35.5. The average molecular weight is 331 g/mol. The predicted molar refractivity (Wildman–Crippen MR) is 81.6 cm³/mol. The van der Waals surface area contributed by atoms with E-state index in [1.807, 2.05) is 0 Å². The van der Waals surface area contributed by atoms with Gasteiger partial charge in [0.25, 0.3) is 0 Å². The van der Waals surface area contributed by atoms with Crippen molar-refractivity contribution < 1.29 is 9.94 Å². The van der Waals surface area contributed by atoms with Gasteiger partial charge in [-0.1, -0.05) is 46.0 Å². The number of nitrogens with zero attached hydrogens (tertiary/aromatic N) is 1. The molecule has 2 aromatic rings. The lowest BCUT2D eigenvalue weighted by atomic mass is 10.2. The maximum absolute atomic E-state index is 8.63. The third kappa shape index (κ3) is 3.79. The Labute approximate surface area is 131 Å². The first-order chi connectivity index (χ1) is 9.60. The normalized spacial score (nSPS) is 10.9. The first kappa shape index (κ1) is 15.0. The Morgan fingerprint density at radius 1 is 1.05 bits per heavy atom. The summed E-state index contributed by atoms with van der Waals surface area (Å²) in [7, 11) is 0. The number of hydrogen-bond acceptors (Lipinski definition) is 3. The average Bonchev–Trinajstić information content (AvgIpc) is 2.40. The molecule has 0 amide bonds. The highest BCUT2D eigenvalue weighted by molar-refractivity contribution is 6.35. The van der Waals surface area contributed by atoms with Crippen LogP contribution in [0.5, 0.6) is 5.75 Å². The van der Waals surface area contributed by atoms with Crippen molar-refractivity contribution in [3.8, 4) is 5.75 Å². The fourth-order valence-electron chi connectivity index (χ4n) is 1.61. The van der Waals surface area contributed by atoms with E-state index in [0.717, 1.165) is 5.56 Å². The molecule has 0 saturated heterocycles. The SMILES string of the molecule is ON=Cc1cc(Cl)ccc1OCc1ccc(Cl)cc1Cl. The van der Waals surface area contributed by atoms with Crippen LogP contribution in [0.3, 0.4) is 0 Å². The molecular formula is C14H10Cl3NO2. The Balaban J connectivity index is 2.18. The van der Waals surface area contributed by atoms with Crippen LogP contribution >= 0.6 is 34.8 Å². The molecule has 0 aliphatic heterocycles. The lowest BCUT2D eigenvalue weighted by Gasteiger charge is -2.10. The molecule has 0 unspecified atom stereocenters. The van der Waals surface area contributed by atoms with Gasteiger partial charge in [0, 0.05) is 26.2 Å². The molecule has 20 heavy (non-hydrogen) atoms. The van der Waals surface area contributed by atoms with Gasteiger partial charge in [-0.15, -0.1) is 0 Å². The Morgan fingerprint density at radius 3 is 2.45 bits per heavy atom. The summed E-state index contributed by atoms with van der Waals surface area (Å²) in [6.45, 7) is 0.268. The zero-order valence-electron chi connectivity index (χ0n) is 10.2. The lowest BCUT2D eigenvalue weighted by Crippen LogP contribution is -1.99. The zero-order valence-corrected chi connectivity index (χ0v) is 12.5. The maximum Gasteiger partial charge on any atom is 0.128 e. The molecule has 2 aromatic carbocycles. The van der Waals surface area contributed by atoms with E-state index in [0.29, 0.717) is 26.4 Å². The molecule has 2 rings (SSSR count). The number of halogens is 3. The molecule has 1 N–H and O–H groups in total. The van der Waals surface area contributed by atoms with Crippen molar-refractivity contribution in [1.82, 2.24) is 0 Å². The van der Waals surface area contributed by atoms with Crippen molar-refractivity contribution in [2.75, 3.05) is 0 Å². The van der Waals surface area contributed by atoms with Crippen molar-refractivity contribution in [1.29, 1.82) is 0 Å². The number of rotatable bonds is 4. The molecule has 0 bridgehead atoms. The summed E-state index contributed by atoms with van der Waals surface area (Å²) in [4.78, 5) is 0. The van der Waals surface area contributed by atoms with Crippen LogP contribution < -0.4 is 4.74 Å². The molecule has 0 aliphatic carbocycles. The third-order valence-electron chi connectivity index (χ3n) is 2.57. The van der Waals surface area contributed by atoms with Gasteiger partial charge in [0.15, 0.2) is 0 Å². The van der Waals surface area contributed by atoms with Crippen LogP contribution in [0, 0.1) is 0 Å². The summed E-state index contributed by atoms with van der Waals surface area (Å²) in [6, 6.07) is 10.2. The first-order valence-corrected chi connectivity index (χ1v) is 6.77. The second-order valence-electron chi connectivity index (χ2n) is 3.95. The number of hydrogen-bond donors (Lipinski definition) is 1. The molecule has 6 heteroatoms. The number of oxime groups is 1. The quantitative estimate of drug-likeness (QED) is 0.485. The number of ether oxygens (including phenoxy) is 1. The van der Waals surface area contributed by atoms with Crippen LogP contribution in [-0.2, 0) is 6.61 Å². The van der Waals surface area contributed by atoms with Crippen molar-refractivity contribution in [2.24, 2.45) is 5.16 Å². The van der Waals surface area contributed by atoms with E-state index < -0.39 is 0 Å². The minimum Gasteiger partial charge on any atom is -0.488 e. The smallest absolute Gasteiger partial charge is 0.128 e. The summed E-state index contributed by atoms with van der Waals surface area (Å²) in [5, 5.41) is 13.2. The summed E-state index contributed by atoms with van der Waals surface area (Å²) >= 11 is 17.8.